The maximum absolute atomic E-state index is 12.1. The predicted molar refractivity (Wildman–Crippen MR) is 82.9 cm³/mol. The van der Waals surface area contributed by atoms with Crippen LogP contribution < -0.4 is 5.32 Å². The molecule has 2 aliphatic rings. The number of nitrogens with one attached hydrogen (secondary N) is 1. The fourth-order valence-corrected chi connectivity index (χ4v) is 3.21. The summed E-state index contributed by atoms with van der Waals surface area (Å²) in [4.78, 5) is 12.1. The molecule has 122 valence electrons. The van der Waals surface area contributed by atoms with Crippen LogP contribution in [0.1, 0.15) is 59.3 Å². The van der Waals surface area contributed by atoms with Crippen LogP contribution in [-0.4, -0.2) is 36.4 Å². The van der Waals surface area contributed by atoms with Crippen LogP contribution in [0.15, 0.2) is 0 Å². The van der Waals surface area contributed by atoms with Gasteiger partial charge in [0.1, 0.15) is 0 Å². The highest BCUT2D eigenvalue weighted by molar-refractivity contribution is 5.79. The molecule has 0 aromatic rings. The zero-order valence-corrected chi connectivity index (χ0v) is 13.8. The van der Waals surface area contributed by atoms with Crippen LogP contribution in [0, 0.1) is 17.3 Å². The van der Waals surface area contributed by atoms with E-state index in [-0.39, 0.29) is 17.2 Å². The lowest BCUT2D eigenvalue weighted by Crippen LogP contribution is -2.51. The maximum Gasteiger partial charge on any atom is 0.223 e. The molecule has 0 unspecified atom stereocenters. The van der Waals surface area contributed by atoms with Crippen molar-refractivity contribution in [1.82, 2.24) is 5.32 Å². The number of hydrogen-bond donors (Lipinski definition) is 2. The van der Waals surface area contributed by atoms with E-state index in [9.17, 15) is 9.90 Å². The van der Waals surface area contributed by atoms with Gasteiger partial charge < -0.3 is 15.2 Å². The second-order valence-electron chi connectivity index (χ2n) is 8.22. The van der Waals surface area contributed by atoms with Gasteiger partial charge in [-0.25, -0.2) is 0 Å². The molecule has 4 heteroatoms. The summed E-state index contributed by atoms with van der Waals surface area (Å²) in [6.07, 6.45) is 5.27. The Morgan fingerprint density at radius 1 is 1.38 bits per heavy atom. The molecule has 1 saturated heterocycles. The lowest BCUT2D eigenvalue weighted by atomic mass is 9.66. The first-order valence-electron chi connectivity index (χ1n) is 8.35. The molecule has 0 aromatic heterocycles. The van der Waals surface area contributed by atoms with E-state index >= 15 is 0 Å². The van der Waals surface area contributed by atoms with E-state index in [1.165, 1.54) is 0 Å². The van der Waals surface area contributed by atoms with E-state index in [0.717, 1.165) is 45.4 Å². The number of carbonyl (C=O) groups is 1. The van der Waals surface area contributed by atoms with Crippen molar-refractivity contribution in [3.05, 3.63) is 0 Å². The van der Waals surface area contributed by atoms with E-state index in [4.69, 9.17) is 4.74 Å². The highest BCUT2D eigenvalue weighted by Crippen LogP contribution is 2.43. The molecule has 2 fully saturated rings. The van der Waals surface area contributed by atoms with Gasteiger partial charge in [-0.15, -0.1) is 0 Å². The summed E-state index contributed by atoms with van der Waals surface area (Å²) in [5.74, 6) is 0.572. The monoisotopic (exact) mass is 297 g/mol. The first-order valence-corrected chi connectivity index (χ1v) is 8.35. The van der Waals surface area contributed by atoms with Crippen molar-refractivity contribution in [2.45, 2.75) is 64.9 Å². The third kappa shape index (κ3) is 5.26. The Bertz CT molecular complexity index is 350. The van der Waals surface area contributed by atoms with E-state index in [0.29, 0.717) is 18.8 Å². The molecule has 0 bridgehead atoms. The molecule has 1 amide bonds. The normalized spacial score (nSPS) is 33.3. The fraction of sp³-hybridized carbons (Fsp3) is 0.941. The summed E-state index contributed by atoms with van der Waals surface area (Å²) in [5, 5.41) is 13.4. The van der Waals surface area contributed by atoms with Crippen LogP contribution in [0.25, 0.3) is 0 Å². The first kappa shape index (κ1) is 16.8. The molecule has 1 saturated carbocycles. The van der Waals surface area contributed by atoms with E-state index in [2.05, 4.69) is 26.1 Å². The molecule has 1 atom stereocenters. The minimum absolute atomic E-state index is 0.000484. The number of ether oxygens (including phenoxy) is 1. The predicted octanol–water partition coefficient (Wildman–Crippen LogP) is 2.50. The van der Waals surface area contributed by atoms with Crippen LogP contribution in [-0.2, 0) is 9.53 Å². The van der Waals surface area contributed by atoms with Gasteiger partial charge in [0.25, 0.3) is 0 Å². The molecule has 0 aromatic carbocycles. The second kappa shape index (κ2) is 6.66. The Kier molecular flexibility index (Phi) is 5.31. The van der Waals surface area contributed by atoms with Crippen LogP contribution in [0.2, 0.25) is 0 Å². The van der Waals surface area contributed by atoms with Crippen molar-refractivity contribution in [1.29, 1.82) is 0 Å². The summed E-state index contributed by atoms with van der Waals surface area (Å²) >= 11 is 0. The van der Waals surface area contributed by atoms with Crippen LogP contribution >= 0.6 is 0 Å². The maximum atomic E-state index is 12.1. The van der Waals surface area contributed by atoms with Gasteiger partial charge in [0.15, 0.2) is 0 Å². The summed E-state index contributed by atoms with van der Waals surface area (Å²) < 4.78 is 5.42. The number of aliphatic hydroxyl groups is 1. The minimum atomic E-state index is -0.608. The van der Waals surface area contributed by atoms with Gasteiger partial charge in [-0.1, -0.05) is 20.8 Å². The van der Waals surface area contributed by atoms with Crippen molar-refractivity contribution in [3.63, 3.8) is 0 Å². The van der Waals surface area contributed by atoms with Crippen molar-refractivity contribution in [2.24, 2.45) is 17.3 Å². The standard InChI is InChI=1S/C17H31NO3/c1-16(2,3)6-7-17(20)9-14(10-17)15(19)18-11-13-5-4-8-21-12-13/h13-14,20H,4-12H2,1-3H3,(H,18,19)/t13-,14?,17?/m1/s1. The third-order valence-electron chi connectivity index (χ3n) is 4.78. The highest BCUT2D eigenvalue weighted by atomic mass is 16.5. The molecule has 1 aliphatic carbocycles. The smallest absolute Gasteiger partial charge is 0.223 e. The third-order valence-corrected chi connectivity index (χ3v) is 4.78. The van der Waals surface area contributed by atoms with Gasteiger partial charge in [0, 0.05) is 19.1 Å². The quantitative estimate of drug-likeness (QED) is 0.819. The molecule has 2 rings (SSSR count). The topological polar surface area (TPSA) is 58.6 Å². The van der Waals surface area contributed by atoms with Gasteiger partial charge in [-0.2, -0.15) is 0 Å². The Morgan fingerprint density at radius 2 is 2.10 bits per heavy atom. The summed E-state index contributed by atoms with van der Waals surface area (Å²) in [7, 11) is 0. The zero-order valence-electron chi connectivity index (χ0n) is 13.8. The molecule has 0 radical (unpaired) electrons. The first-order chi connectivity index (χ1) is 9.77. The fourth-order valence-electron chi connectivity index (χ4n) is 3.21. The van der Waals surface area contributed by atoms with Gasteiger partial charge in [0.2, 0.25) is 5.91 Å². The number of rotatable bonds is 5. The summed E-state index contributed by atoms with van der Waals surface area (Å²) in [5.41, 5.74) is -0.368. The Hall–Kier alpha value is -0.610. The highest BCUT2D eigenvalue weighted by Gasteiger charge is 2.46. The largest absolute Gasteiger partial charge is 0.390 e. The Balaban J connectivity index is 1.64. The lowest BCUT2D eigenvalue weighted by molar-refractivity contribution is -0.143. The average molecular weight is 297 g/mol. The Morgan fingerprint density at radius 3 is 2.67 bits per heavy atom. The van der Waals surface area contributed by atoms with Crippen molar-refractivity contribution < 1.29 is 14.6 Å². The molecule has 1 aliphatic heterocycles. The number of hydrogen-bond acceptors (Lipinski definition) is 3. The molecule has 2 N–H and O–H groups in total. The second-order valence-corrected chi connectivity index (χ2v) is 8.22. The van der Waals surface area contributed by atoms with Gasteiger partial charge in [-0.05, 0) is 49.9 Å². The molecule has 0 spiro atoms. The number of amides is 1. The molecule has 4 nitrogen and oxygen atoms in total. The van der Waals surface area contributed by atoms with E-state index in [1.54, 1.807) is 0 Å². The molecular weight excluding hydrogens is 266 g/mol. The van der Waals surface area contributed by atoms with Crippen molar-refractivity contribution in [2.75, 3.05) is 19.8 Å². The molecule has 1 heterocycles. The van der Waals surface area contributed by atoms with Gasteiger partial charge in [0.05, 0.1) is 12.2 Å². The van der Waals surface area contributed by atoms with Crippen molar-refractivity contribution >= 4 is 5.91 Å². The Labute approximate surface area is 128 Å². The summed E-state index contributed by atoms with van der Waals surface area (Å²) in [6, 6.07) is 0. The SMILES string of the molecule is CC(C)(C)CCC1(O)CC(C(=O)NC[C@H]2CCCOC2)C1. The lowest BCUT2D eigenvalue weighted by Gasteiger charge is -2.44. The van der Waals surface area contributed by atoms with E-state index < -0.39 is 5.60 Å². The minimum Gasteiger partial charge on any atom is -0.390 e. The van der Waals surface area contributed by atoms with Crippen LogP contribution in [0.5, 0.6) is 0 Å². The molecular formula is C17H31NO3. The average Bonchev–Trinajstić information content (AvgIpc) is 2.40. The molecule has 21 heavy (non-hydrogen) atoms. The zero-order chi connectivity index (χ0) is 15.5. The van der Waals surface area contributed by atoms with Crippen LogP contribution in [0.4, 0.5) is 0 Å². The van der Waals surface area contributed by atoms with Gasteiger partial charge in [-0.3, -0.25) is 4.79 Å². The van der Waals surface area contributed by atoms with E-state index in [1.807, 2.05) is 0 Å². The van der Waals surface area contributed by atoms with Crippen molar-refractivity contribution in [3.8, 4) is 0 Å². The number of carbonyl (C=O) groups excluding carboxylic acids is 1. The summed E-state index contributed by atoms with van der Waals surface area (Å²) in [6.45, 7) is 8.90. The van der Waals surface area contributed by atoms with Gasteiger partial charge >= 0.3 is 0 Å². The van der Waals surface area contributed by atoms with Crippen LogP contribution in [0.3, 0.4) is 0 Å².